The van der Waals surface area contributed by atoms with E-state index in [-0.39, 0.29) is 5.75 Å². The standard InChI is InChI=1S/C12H12O3/c1-2-3-4-9-15-12(14)10-5-7-11(13)8-6-10/h1,5-8,13H,3-4,9H2. The van der Waals surface area contributed by atoms with E-state index in [0.29, 0.717) is 25.0 Å². The zero-order valence-electron chi connectivity index (χ0n) is 8.27. The number of hydrogen-bond donors (Lipinski definition) is 1. The largest absolute Gasteiger partial charge is 0.508 e. The first kappa shape index (κ1) is 11.1. The number of esters is 1. The van der Waals surface area contributed by atoms with Crippen molar-refractivity contribution in [2.45, 2.75) is 12.8 Å². The van der Waals surface area contributed by atoms with Crippen LogP contribution in [0.15, 0.2) is 24.3 Å². The second kappa shape index (κ2) is 5.71. The van der Waals surface area contributed by atoms with E-state index < -0.39 is 5.97 Å². The van der Waals surface area contributed by atoms with Gasteiger partial charge >= 0.3 is 5.97 Å². The first-order valence-corrected chi connectivity index (χ1v) is 4.63. The zero-order valence-corrected chi connectivity index (χ0v) is 8.27. The number of aromatic hydroxyl groups is 1. The zero-order chi connectivity index (χ0) is 11.1. The predicted octanol–water partition coefficient (Wildman–Crippen LogP) is 1.96. The predicted molar refractivity (Wildman–Crippen MR) is 56.5 cm³/mol. The highest BCUT2D eigenvalue weighted by Crippen LogP contribution is 2.10. The normalized spacial score (nSPS) is 9.27. The van der Waals surface area contributed by atoms with Crippen LogP contribution in [0.5, 0.6) is 5.75 Å². The third-order valence-electron chi connectivity index (χ3n) is 1.80. The number of terminal acetylenes is 1. The molecule has 1 N–H and O–H groups in total. The number of ether oxygens (including phenoxy) is 1. The number of benzene rings is 1. The Morgan fingerprint density at radius 1 is 1.40 bits per heavy atom. The van der Waals surface area contributed by atoms with Gasteiger partial charge in [-0.15, -0.1) is 12.3 Å². The monoisotopic (exact) mass is 204 g/mol. The molecule has 0 heterocycles. The van der Waals surface area contributed by atoms with E-state index in [9.17, 15) is 4.79 Å². The van der Waals surface area contributed by atoms with E-state index in [1.54, 1.807) is 0 Å². The Hall–Kier alpha value is -1.95. The summed E-state index contributed by atoms with van der Waals surface area (Å²) in [6.07, 6.45) is 6.32. The van der Waals surface area contributed by atoms with Gasteiger partial charge in [-0.25, -0.2) is 4.79 Å². The molecule has 15 heavy (non-hydrogen) atoms. The van der Waals surface area contributed by atoms with Crippen LogP contribution in [0.25, 0.3) is 0 Å². The Bertz CT molecular complexity index is 359. The topological polar surface area (TPSA) is 46.5 Å². The van der Waals surface area contributed by atoms with Crippen molar-refractivity contribution >= 4 is 5.97 Å². The summed E-state index contributed by atoms with van der Waals surface area (Å²) < 4.78 is 4.95. The fraction of sp³-hybridized carbons (Fsp3) is 0.250. The minimum absolute atomic E-state index is 0.124. The van der Waals surface area contributed by atoms with Crippen LogP contribution in [0.1, 0.15) is 23.2 Å². The number of carbonyl (C=O) groups is 1. The van der Waals surface area contributed by atoms with Gasteiger partial charge in [0.1, 0.15) is 5.75 Å². The number of carbonyl (C=O) groups excluding carboxylic acids is 1. The Morgan fingerprint density at radius 3 is 2.67 bits per heavy atom. The van der Waals surface area contributed by atoms with Gasteiger partial charge in [-0.2, -0.15) is 0 Å². The van der Waals surface area contributed by atoms with E-state index in [1.807, 2.05) is 0 Å². The molecule has 0 radical (unpaired) electrons. The molecule has 0 aromatic heterocycles. The maximum Gasteiger partial charge on any atom is 0.338 e. The van der Waals surface area contributed by atoms with Gasteiger partial charge in [0.15, 0.2) is 0 Å². The number of phenols is 1. The van der Waals surface area contributed by atoms with Crippen molar-refractivity contribution in [2.75, 3.05) is 6.61 Å². The van der Waals surface area contributed by atoms with Gasteiger partial charge in [0.05, 0.1) is 12.2 Å². The molecule has 1 aromatic rings. The molecule has 0 saturated carbocycles. The number of phenolic OH excluding ortho intramolecular Hbond substituents is 1. The summed E-state index contributed by atoms with van der Waals surface area (Å²) in [5, 5.41) is 9.01. The first-order valence-electron chi connectivity index (χ1n) is 4.63. The molecule has 0 saturated heterocycles. The lowest BCUT2D eigenvalue weighted by atomic mass is 10.2. The van der Waals surface area contributed by atoms with Gasteiger partial charge < -0.3 is 9.84 Å². The summed E-state index contributed by atoms with van der Waals surface area (Å²) in [5.41, 5.74) is 0.425. The van der Waals surface area contributed by atoms with Gasteiger partial charge in [0.2, 0.25) is 0 Å². The fourth-order valence-corrected chi connectivity index (χ4v) is 1.02. The van der Waals surface area contributed by atoms with Gasteiger partial charge in [-0.1, -0.05) is 0 Å². The molecule has 0 fully saturated rings. The number of hydrogen-bond acceptors (Lipinski definition) is 3. The lowest BCUT2D eigenvalue weighted by Crippen LogP contribution is -2.05. The lowest BCUT2D eigenvalue weighted by molar-refractivity contribution is 0.0502. The van der Waals surface area contributed by atoms with Crippen LogP contribution >= 0.6 is 0 Å². The van der Waals surface area contributed by atoms with Crippen LogP contribution < -0.4 is 0 Å². The molecule has 78 valence electrons. The van der Waals surface area contributed by atoms with Crippen molar-refractivity contribution in [1.82, 2.24) is 0 Å². The van der Waals surface area contributed by atoms with E-state index in [1.165, 1.54) is 24.3 Å². The molecule has 0 unspecified atom stereocenters. The highest BCUT2D eigenvalue weighted by molar-refractivity contribution is 5.89. The third-order valence-corrected chi connectivity index (χ3v) is 1.80. The average Bonchev–Trinajstić information content (AvgIpc) is 2.25. The van der Waals surface area contributed by atoms with Gasteiger partial charge in [0.25, 0.3) is 0 Å². The van der Waals surface area contributed by atoms with Gasteiger partial charge in [-0.3, -0.25) is 0 Å². The first-order chi connectivity index (χ1) is 7.24. The maximum absolute atomic E-state index is 11.4. The fourth-order valence-electron chi connectivity index (χ4n) is 1.02. The Kier molecular flexibility index (Phi) is 4.24. The van der Waals surface area contributed by atoms with Crippen LogP contribution in [-0.4, -0.2) is 17.7 Å². The van der Waals surface area contributed by atoms with Crippen molar-refractivity contribution in [3.63, 3.8) is 0 Å². The van der Waals surface area contributed by atoms with Crippen LogP contribution in [0, 0.1) is 12.3 Å². The molecule has 0 aliphatic carbocycles. The highest BCUT2D eigenvalue weighted by atomic mass is 16.5. The smallest absolute Gasteiger partial charge is 0.338 e. The molecular weight excluding hydrogens is 192 g/mol. The quantitative estimate of drug-likeness (QED) is 0.463. The minimum atomic E-state index is -0.396. The van der Waals surface area contributed by atoms with Gasteiger partial charge in [-0.05, 0) is 30.7 Å². The van der Waals surface area contributed by atoms with Crippen molar-refractivity contribution in [3.05, 3.63) is 29.8 Å². The SMILES string of the molecule is C#CCCCOC(=O)c1ccc(O)cc1. The summed E-state index contributed by atoms with van der Waals surface area (Å²) in [6, 6.07) is 5.91. The maximum atomic E-state index is 11.4. The van der Waals surface area contributed by atoms with Crippen LogP contribution in [0.2, 0.25) is 0 Å². The second-order valence-electron chi connectivity index (χ2n) is 2.99. The number of unbranched alkanes of at least 4 members (excludes halogenated alkanes) is 1. The number of rotatable bonds is 4. The molecule has 0 aliphatic heterocycles. The molecule has 0 amide bonds. The summed E-state index contributed by atoms with van der Waals surface area (Å²) in [7, 11) is 0. The molecule has 3 heteroatoms. The average molecular weight is 204 g/mol. The lowest BCUT2D eigenvalue weighted by Gasteiger charge is -2.03. The van der Waals surface area contributed by atoms with Crippen LogP contribution in [0.4, 0.5) is 0 Å². The van der Waals surface area contributed by atoms with E-state index in [4.69, 9.17) is 16.3 Å². The molecule has 0 spiro atoms. The molecule has 3 nitrogen and oxygen atoms in total. The summed E-state index contributed by atoms with van der Waals surface area (Å²) in [5.74, 6) is 2.19. The Labute approximate surface area is 88.7 Å². The Morgan fingerprint density at radius 2 is 2.07 bits per heavy atom. The highest BCUT2D eigenvalue weighted by Gasteiger charge is 2.05. The van der Waals surface area contributed by atoms with E-state index >= 15 is 0 Å². The van der Waals surface area contributed by atoms with E-state index in [0.717, 1.165) is 0 Å². The van der Waals surface area contributed by atoms with Crippen molar-refractivity contribution in [2.24, 2.45) is 0 Å². The molecular formula is C12H12O3. The summed E-state index contributed by atoms with van der Waals surface area (Å²) in [6.45, 7) is 0.323. The summed E-state index contributed by atoms with van der Waals surface area (Å²) >= 11 is 0. The molecule has 0 aliphatic rings. The van der Waals surface area contributed by atoms with Crippen LogP contribution in [0.3, 0.4) is 0 Å². The minimum Gasteiger partial charge on any atom is -0.508 e. The molecule has 1 aromatic carbocycles. The van der Waals surface area contributed by atoms with Gasteiger partial charge in [0, 0.05) is 6.42 Å². The van der Waals surface area contributed by atoms with Crippen molar-refractivity contribution in [1.29, 1.82) is 0 Å². The molecule has 1 rings (SSSR count). The molecule has 0 atom stereocenters. The summed E-state index contributed by atoms with van der Waals surface area (Å²) in [4.78, 5) is 11.4. The third kappa shape index (κ3) is 3.74. The van der Waals surface area contributed by atoms with Crippen LogP contribution in [-0.2, 0) is 4.74 Å². The molecule has 0 bridgehead atoms. The van der Waals surface area contributed by atoms with Crippen molar-refractivity contribution in [3.8, 4) is 18.1 Å². The second-order valence-corrected chi connectivity index (χ2v) is 2.99. The van der Waals surface area contributed by atoms with Crippen molar-refractivity contribution < 1.29 is 14.6 Å². The Balaban J connectivity index is 2.41. The van der Waals surface area contributed by atoms with E-state index in [2.05, 4.69) is 5.92 Å².